The number of H-pyrrole nitrogens is 1. The van der Waals surface area contributed by atoms with Gasteiger partial charge >= 0.3 is 22.2 Å². The Balaban J connectivity index is 1.24. The second-order valence-electron chi connectivity index (χ2n) is 9.77. The lowest BCUT2D eigenvalue weighted by Gasteiger charge is -2.24. The number of nitrogens with zero attached hydrogens (tertiary/aromatic N) is 7. The smallest absolute Gasteiger partial charge is 0.465 e. The molecule has 2 aliphatic rings. The number of imidazole rings is 2. The summed E-state index contributed by atoms with van der Waals surface area (Å²) in [5.41, 5.74) is 10.8. The molecule has 8 unspecified atom stereocenters. The average molecular weight is 687 g/mol. The van der Waals surface area contributed by atoms with Gasteiger partial charge in [-0.1, -0.05) is 0 Å². The Morgan fingerprint density at radius 2 is 1.80 bits per heavy atom. The summed E-state index contributed by atoms with van der Waals surface area (Å²) in [6.45, 7) is -1.63. The maximum absolute atomic E-state index is 13.2. The molecule has 6 heterocycles. The molecule has 0 aliphatic carbocycles. The van der Waals surface area contributed by atoms with Crippen LogP contribution >= 0.6 is 15.9 Å². The number of ether oxygens (including phenoxy) is 3. The number of fused-ring (bicyclic) bond motifs is 2. The first-order valence-corrected chi connectivity index (χ1v) is 15.9. The number of nitrogen functional groups attached to an aromatic ring is 2. The number of aromatic amines is 1. The zero-order valence-electron chi connectivity index (χ0n) is 23.0. The molecule has 246 valence electrons. The van der Waals surface area contributed by atoms with Crippen LogP contribution in [0.1, 0.15) is 12.5 Å². The summed E-state index contributed by atoms with van der Waals surface area (Å²) in [5, 5.41) is 31.5. The highest BCUT2D eigenvalue weighted by atomic mass is 31.2. The normalized spacial score (nSPS) is 26.5. The van der Waals surface area contributed by atoms with E-state index in [0.29, 0.717) is 0 Å². The molecule has 10 N–H and O–H groups in total. The highest BCUT2D eigenvalue weighted by molar-refractivity contribution is 7.47. The van der Waals surface area contributed by atoms with Crippen molar-refractivity contribution in [2.24, 2.45) is 0 Å². The van der Waals surface area contributed by atoms with Gasteiger partial charge in [-0.25, -0.2) is 24.5 Å². The van der Waals surface area contributed by atoms with Crippen molar-refractivity contribution in [1.29, 1.82) is 0 Å². The molecule has 0 saturated carbocycles. The van der Waals surface area contributed by atoms with Gasteiger partial charge in [0.25, 0.3) is 5.56 Å². The predicted molar refractivity (Wildman–Crippen MR) is 149 cm³/mol. The molecule has 0 amide bonds. The summed E-state index contributed by atoms with van der Waals surface area (Å²) >= 11 is 0. The van der Waals surface area contributed by atoms with Crippen LogP contribution in [0.5, 0.6) is 0 Å². The number of hydrogen-bond acceptors (Lipinski definition) is 18. The monoisotopic (exact) mass is 687 g/mol. The van der Waals surface area contributed by atoms with E-state index in [1.165, 1.54) is 10.9 Å². The molecule has 4 aromatic rings. The summed E-state index contributed by atoms with van der Waals surface area (Å²) in [4.78, 5) is 54.4. The molecule has 1 fully saturated rings. The molecule has 25 heteroatoms. The van der Waals surface area contributed by atoms with Gasteiger partial charge in [-0.05, 0) is 4.57 Å². The Bertz CT molecular complexity index is 1950. The van der Waals surface area contributed by atoms with E-state index in [0.717, 1.165) is 17.2 Å². The van der Waals surface area contributed by atoms with Crippen LogP contribution in [0.4, 0.5) is 11.8 Å². The number of hydrogen-bond donors (Lipinski definition) is 8. The molecule has 2 aliphatic heterocycles. The Hall–Kier alpha value is -4.15. The second-order valence-corrected chi connectivity index (χ2v) is 12.1. The Morgan fingerprint density at radius 3 is 2.52 bits per heavy atom. The van der Waals surface area contributed by atoms with Crippen LogP contribution in [0.25, 0.3) is 22.3 Å². The van der Waals surface area contributed by atoms with Crippen molar-refractivity contribution in [3.05, 3.63) is 40.9 Å². The Morgan fingerprint density at radius 1 is 1.09 bits per heavy atom. The maximum Gasteiger partial charge on any atom is 0.547 e. The highest BCUT2D eigenvalue weighted by Gasteiger charge is 2.50. The fourth-order valence-corrected chi connectivity index (χ4v) is 6.01. The molecule has 0 spiro atoms. The third-order valence-corrected chi connectivity index (χ3v) is 8.21. The number of aliphatic hydroxyl groups is 3. The zero-order chi connectivity index (χ0) is 32.9. The summed E-state index contributed by atoms with van der Waals surface area (Å²) in [6.07, 6.45) is -6.49. The van der Waals surface area contributed by atoms with Gasteiger partial charge in [-0.15, -0.1) is 0 Å². The first-order chi connectivity index (χ1) is 21.9. The van der Waals surface area contributed by atoms with Gasteiger partial charge in [-0.3, -0.25) is 28.0 Å². The molecule has 46 heavy (non-hydrogen) atoms. The van der Waals surface area contributed by atoms with Crippen molar-refractivity contribution in [1.82, 2.24) is 39.0 Å². The van der Waals surface area contributed by atoms with Crippen molar-refractivity contribution in [3.63, 3.8) is 0 Å². The number of phosphoric acid groups is 1. The van der Waals surface area contributed by atoms with Crippen LogP contribution < -0.4 is 17.0 Å². The van der Waals surface area contributed by atoms with Crippen LogP contribution in [-0.4, -0.2) is 108 Å². The SMILES string of the molecule is Nc1nc2c(ncn2C2OC(CO)C(O)C2OP(=O)(O)OCC2=C(OC[P+](=O)O)C(O)C(n3cnc4c(N)ncnc43)O2)c(=O)[nH]1. The standard InChI is InChI=1S/C21H24N10O13P2/c22-15-9-16(25-3-24-15)30(4-26-9)19-12(34)13(40-6-45(36)37)8(43-19)2-41-46(38,39)44-14-11(33)7(1-32)42-20(14)31-5-27-10-17(31)28-21(23)29-18(10)35/h3-5,7,11-12,14,19-20,32-34H,1-2,6H2,(H6-,22,23,24,25,28,29,35,36,37,38,39)/p+1. The topological polar surface area (TPSA) is 341 Å². The largest absolute Gasteiger partial charge is 0.547 e. The molecule has 1 saturated heterocycles. The summed E-state index contributed by atoms with van der Waals surface area (Å²) < 4.78 is 53.9. The van der Waals surface area contributed by atoms with Crippen LogP contribution in [-0.2, 0) is 32.4 Å². The van der Waals surface area contributed by atoms with Crippen LogP contribution in [0.15, 0.2) is 35.3 Å². The lowest BCUT2D eigenvalue weighted by molar-refractivity contribution is -0.0517. The fraction of sp³-hybridized carbons (Fsp3) is 0.429. The van der Waals surface area contributed by atoms with Gasteiger partial charge in [0, 0.05) is 0 Å². The molecule has 4 aromatic heterocycles. The summed E-state index contributed by atoms with van der Waals surface area (Å²) in [7, 11) is -8.02. The third-order valence-electron chi connectivity index (χ3n) is 6.90. The minimum Gasteiger partial charge on any atom is -0.465 e. The van der Waals surface area contributed by atoms with Crippen LogP contribution in [0.2, 0.25) is 0 Å². The number of aromatic nitrogens is 8. The number of nitrogens with one attached hydrogen (secondary N) is 1. The highest BCUT2D eigenvalue weighted by Crippen LogP contribution is 2.50. The van der Waals surface area contributed by atoms with Crippen molar-refractivity contribution in [3.8, 4) is 0 Å². The van der Waals surface area contributed by atoms with E-state index in [4.69, 9.17) is 34.7 Å². The molecule has 0 aromatic carbocycles. The van der Waals surface area contributed by atoms with Gasteiger partial charge in [-0.2, -0.15) is 9.88 Å². The van der Waals surface area contributed by atoms with E-state index < -0.39 is 83.6 Å². The van der Waals surface area contributed by atoms with Crippen molar-refractivity contribution >= 4 is 49.9 Å². The maximum atomic E-state index is 13.2. The molecular formula is C21H25N10O13P2+. The van der Waals surface area contributed by atoms with Gasteiger partial charge in [0.15, 0.2) is 46.5 Å². The van der Waals surface area contributed by atoms with E-state index in [1.54, 1.807) is 0 Å². The lowest BCUT2D eigenvalue weighted by Crippen LogP contribution is -2.35. The van der Waals surface area contributed by atoms with Gasteiger partial charge in [0.1, 0.15) is 43.1 Å². The van der Waals surface area contributed by atoms with Crippen molar-refractivity contribution in [2.45, 2.75) is 36.9 Å². The van der Waals surface area contributed by atoms with Gasteiger partial charge in [0.05, 0.1) is 12.9 Å². The number of nitrogens with two attached hydrogens (primary N) is 2. The number of rotatable bonds is 11. The van der Waals surface area contributed by atoms with Gasteiger partial charge in [0.2, 0.25) is 12.2 Å². The molecule has 6 rings (SSSR count). The first-order valence-electron chi connectivity index (χ1n) is 13.0. The second kappa shape index (κ2) is 12.2. The molecule has 23 nitrogen and oxygen atoms in total. The Kier molecular flexibility index (Phi) is 8.45. The minimum absolute atomic E-state index is 0.0365. The lowest BCUT2D eigenvalue weighted by atomic mass is 10.1. The van der Waals surface area contributed by atoms with Crippen molar-refractivity contribution < 1.29 is 57.5 Å². The molecule has 8 atom stereocenters. The molecule has 0 radical (unpaired) electrons. The minimum atomic E-state index is -5.18. The Labute approximate surface area is 255 Å². The fourth-order valence-electron chi connectivity index (χ4n) is 4.88. The molecule has 0 bridgehead atoms. The third kappa shape index (κ3) is 5.80. The average Bonchev–Trinajstić information content (AvgIpc) is 3.76. The number of aliphatic hydroxyl groups excluding tert-OH is 3. The predicted octanol–water partition coefficient (Wildman–Crippen LogP) is -2.31. The number of phosphoric ester groups is 1. The van der Waals surface area contributed by atoms with E-state index in [2.05, 4.69) is 29.9 Å². The first kappa shape index (κ1) is 31.8. The van der Waals surface area contributed by atoms with Gasteiger partial charge < -0.3 is 45.9 Å². The van der Waals surface area contributed by atoms with Crippen LogP contribution in [0.3, 0.4) is 0 Å². The van der Waals surface area contributed by atoms with E-state index in [-0.39, 0.29) is 39.9 Å². The quantitative estimate of drug-likeness (QED) is 0.0767. The number of anilines is 2. The van der Waals surface area contributed by atoms with Crippen LogP contribution in [0, 0.1) is 0 Å². The zero-order valence-corrected chi connectivity index (χ0v) is 24.8. The van der Waals surface area contributed by atoms with E-state index >= 15 is 0 Å². The van der Waals surface area contributed by atoms with E-state index in [9.17, 15) is 39.0 Å². The van der Waals surface area contributed by atoms with Crippen molar-refractivity contribution in [2.75, 3.05) is 31.0 Å². The van der Waals surface area contributed by atoms with E-state index in [1.807, 2.05) is 0 Å². The summed E-state index contributed by atoms with van der Waals surface area (Å²) in [6, 6.07) is 0. The molecular weight excluding hydrogens is 662 g/mol. The summed E-state index contributed by atoms with van der Waals surface area (Å²) in [5.74, 6) is -1.02.